The second-order valence-electron chi connectivity index (χ2n) is 14.1. The second-order valence-corrected chi connectivity index (χ2v) is 16.1. The molecule has 0 aromatic carbocycles. The van der Waals surface area contributed by atoms with Crippen LogP contribution in [0.5, 0.6) is 0 Å². The molecule has 0 aliphatic heterocycles. The predicted octanol–water partition coefficient (Wildman–Crippen LogP) is 6.21. The number of nitrogens with zero attached hydrogens (tertiary/aromatic N) is 4. The molecule has 5 N–H and O–H groups in total. The number of hydrogen-bond acceptors (Lipinski definition) is 9. The van der Waals surface area contributed by atoms with E-state index < -0.39 is 5.91 Å². The number of H-pyrrole nitrogens is 1. The lowest BCUT2D eigenvalue weighted by Crippen LogP contribution is -2.27. The minimum absolute atomic E-state index is 0.182. The lowest BCUT2D eigenvalue weighted by Gasteiger charge is -2.34. The largest absolute Gasteiger partial charge is 0.397 e. The quantitative estimate of drug-likeness (QED) is 0.202. The number of primary amides is 1. The number of amides is 1. The predicted molar refractivity (Wildman–Crippen MR) is 176 cm³/mol. The van der Waals surface area contributed by atoms with Gasteiger partial charge in [0.25, 0.3) is 11.5 Å². The molecule has 2 atom stereocenters. The van der Waals surface area contributed by atoms with Gasteiger partial charge >= 0.3 is 0 Å². The fourth-order valence-corrected chi connectivity index (χ4v) is 8.39. The molecule has 226 valence electrons. The standard InChI is InChI=1S/C16H18N4OS.C16H21N3OS/c1-16(2,3)9-4-5-11-8(6-9)7-10-12-13(22-15(10)17-11)14(21)19-20-18-12;1-16(2,3)9-4-5-11-8(6-9)7-10-12(17)13(14(18)20)21-15(10)19-11/h7,9H,4-6H2,1-3H3,(H,18,19,21);7,9H,4-6,17H2,1-3H3,(H2,18,20). The van der Waals surface area contributed by atoms with Crippen LogP contribution < -0.4 is 17.0 Å². The van der Waals surface area contributed by atoms with Gasteiger partial charge in [-0.25, -0.2) is 15.1 Å². The van der Waals surface area contributed by atoms with Crippen molar-refractivity contribution in [2.24, 2.45) is 28.4 Å². The molecule has 43 heavy (non-hydrogen) atoms. The number of aryl methyl sites for hydroxylation is 2. The van der Waals surface area contributed by atoms with Gasteiger partial charge in [0.15, 0.2) is 0 Å². The van der Waals surface area contributed by atoms with Crippen molar-refractivity contribution in [3.8, 4) is 0 Å². The molecule has 0 radical (unpaired) electrons. The number of aromatic nitrogens is 5. The average Bonchev–Trinajstić information content (AvgIpc) is 3.47. The SMILES string of the molecule is CC(C)(C)C1CCc2nc3sc(C(N)=O)c(N)c3cc2C1.CC(C)(C)C1CCc2nc3sc4c(=O)[nH]nnc4c3cc2C1. The van der Waals surface area contributed by atoms with Crippen molar-refractivity contribution in [1.82, 2.24) is 25.4 Å². The molecule has 1 amide bonds. The molecule has 9 nitrogen and oxygen atoms in total. The summed E-state index contributed by atoms with van der Waals surface area (Å²) in [5.74, 6) is 0.847. The molecule has 0 saturated heterocycles. The van der Waals surface area contributed by atoms with E-state index in [4.69, 9.17) is 21.4 Å². The van der Waals surface area contributed by atoms with Crippen LogP contribution in [-0.4, -0.2) is 31.3 Å². The summed E-state index contributed by atoms with van der Waals surface area (Å²) in [6.07, 6.45) is 6.44. The van der Waals surface area contributed by atoms with Crippen molar-refractivity contribution in [3.63, 3.8) is 0 Å². The Kier molecular flexibility index (Phi) is 7.32. The number of nitrogens with two attached hydrogens (primary N) is 2. The molecule has 0 bridgehead atoms. The van der Waals surface area contributed by atoms with E-state index in [0.717, 1.165) is 51.8 Å². The van der Waals surface area contributed by atoms with Gasteiger partial charge in [0.2, 0.25) is 0 Å². The molecular formula is C32H39N7O2S2. The summed E-state index contributed by atoms with van der Waals surface area (Å²) >= 11 is 2.71. The zero-order valence-corrected chi connectivity index (χ0v) is 27.3. The smallest absolute Gasteiger partial charge is 0.285 e. The molecule has 2 aliphatic rings. The summed E-state index contributed by atoms with van der Waals surface area (Å²) in [4.78, 5) is 35.0. The number of fused-ring (bicyclic) bond motifs is 6. The molecule has 2 aliphatic carbocycles. The first-order valence-corrected chi connectivity index (χ1v) is 16.5. The minimum Gasteiger partial charge on any atom is -0.397 e. The van der Waals surface area contributed by atoms with Crippen LogP contribution >= 0.6 is 22.7 Å². The lowest BCUT2D eigenvalue weighted by molar-refractivity contribution is 0.100. The Labute approximate surface area is 258 Å². The number of nitrogen functional groups attached to an aromatic ring is 1. The monoisotopic (exact) mass is 617 g/mol. The first-order chi connectivity index (χ1) is 20.2. The Morgan fingerprint density at radius 3 is 1.95 bits per heavy atom. The zero-order chi connectivity index (χ0) is 30.8. The number of thiophene rings is 2. The third-order valence-electron chi connectivity index (χ3n) is 9.29. The summed E-state index contributed by atoms with van der Waals surface area (Å²) in [5.41, 5.74) is 17.9. The molecule has 0 spiro atoms. The van der Waals surface area contributed by atoms with E-state index in [9.17, 15) is 9.59 Å². The van der Waals surface area contributed by atoms with Crippen LogP contribution in [0.25, 0.3) is 30.6 Å². The number of anilines is 1. The highest BCUT2D eigenvalue weighted by Gasteiger charge is 2.31. The normalized spacial score (nSPS) is 18.7. The van der Waals surface area contributed by atoms with Gasteiger partial charge in [-0.05, 0) is 84.5 Å². The summed E-state index contributed by atoms with van der Waals surface area (Å²) in [6.45, 7) is 13.8. The van der Waals surface area contributed by atoms with Gasteiger partial charge in [0, 0.05) is 22.2 Å². The van der Waals surface area contributed by atoms with E-state index in [-0.39, 0.29) is 5.56 Å². The number of carbonyl (C=O) groups excluding carboxylic acids is 1. The number of pyridine rings is 2. The first kappa shape index (κ1) is 29.6. The van der Waals surface area contributed by atoms with Crippen LogP contribution in [0.1, 0.15) is 86.6 Å². The van der Waals surface area contributed by atoms with Gasteiger partial charge in [0.1, 0.15) is 24.8 Å². The average molecular weight is 618 g/mol. The van der Waals surface area contributed by atoms with Gasteiger partial charge in [-0.15, -0.1) is 27.8 Å². The van der Waals surface area contributed by atoms with Crippen molar-refractivity contribution in [3.05, 3.63) is 49.9 Å². The maximum absolute atomic E-state index is 11.9. The van der Waals surface area contributed by atoms with Crippen LogP contribution in [0, 0.1) is 22.7 Å². The van der Waals surface area contributed by atoms with Gasteiger partial charge in [0.05, 0.1) is 5.69 Å². The highest BCUT2D eigenvalue weighted by molar-refractivity contribution is 7.25. The highest BCUT2D eigenvalue weighted by atomic mass is 32.1. The summed E-state index contributed by atoms with van der Waals surface area (Å²) in [5, 5.41) is 12.0. The Bertz CT molecular complexity index is 1940. The maximum Gasteiger partial charge on any atom is 0.285 e. The minimum atomic E-state index is -0.471. The van der Waals surface area contributed by atoms with E-state index in [1.54, 1.807) is 0 Å². The van der Waals surface area contributed by atoms with Crippen molar-refractivity contribution in [2.45, 2.75) is 80.1 Å². The fraction of sp³-hybridized carbons (Fsp3) is 0.500. The van der Waals surface area contributed by atoms with Crippen molar-refractivity contribution < 1.29 is 4.79 Å². The van der Waals surface area contributed by atoms with E-state index >= 15 is 0 Å². The Morgan fingerprint density at radius 1 is 0.884 bits per heavy atom. The molecule has 0 saturated carbocycles. The van der Waals surface area contributed by atoms with E-state index in [1.807, 2.05) is 0 Å². The van der Waals surface area contributed by atoms with E-state index in [2.05, 4.69) is 69.1 Å². The Morgan fingerprint density at radius 2 is 1.42 bits per heavy atom. The van der Waals surface area contributed by atoms with Gasteiger partial charge in [-0.2, -0.15) is 0 Å². The Hall–Kier alpha value is -3.44. The number of nitrogens with one attached hydrogen (secondary N) is 1. The van der Waals surface area contributed by atoms with Crippen molar-refractivity contribution in [2.75, 3.05) is 5.73 Å². The number of carbonyl (C=O) groups is 1. The number of rotatable bonds is 1. The van der Waals surface area contributed by atoms with Crippen LogP contribution in [0.2, 0.25) is 0 Å². The zero-order valence-electron chi connectivity index (χ0n) is 25.6. The summed E-state index contributed by atoms with van der Waals surface area (Å²) < 4.78 is 0.618. The van der Waals surface area contributed by atoms with E-state index in [0.29, 0.717) is 43.4 Å². The third kappa shape index (κ3) is 5.53. The van der Waals surface area contributed by atoms with Gasteiger partial charge in [-0.3, -0.25) is 9.59 Å². The van der Waals surface area contributed by atoms with Crippen LogP contribution in [0.3, 0.4) is 0 Å². The molecule has 5 heterocycles. The highest BCUT2D eigenvalue weighted by Crippen LogP contribution is 2.41. The first-order valence-electron chi connectivity index (χ1n) is 14.9. The number of hydrogen-bond donors (Lipinski definition) is 3. The van der Waals surface area contributed by atoms with Crippen molar-refractivity contribution in [1.29, 1.82) is 0 Å². The molecule has 2 unspecified atom stereocenters. The fourth-order valence-electron chi connectivity index (χ4n) is 6.44. The Balaban J connectivity index is 0.000000153. The molecule has 5 aromatic heterocycles. The van der Waals surface area contributed by atoms with Gasteiger partial charge in [-0.1, -0.05) is 46.8 Å². The van der Waals surface area contributed by atoms with E-state index in [1.165, 1.54) is 52.3 Å². The van der Waals surface area contributed by atoms with Crippen LogP contribution in [0.15, 0.2) is 16.9 Å². The van der Waals surface area contributed by atoms with Crippen LogP contribution in [0.4, 0.5) is 5.69 Å². The topological polar surface area (TPSA) is 154 Å². The number of aromatic amines is 1. The summed E-state index contributed by atoms with van der Waals surface area (Å²) in [7, 11) is 0. The second kappa shape index (κ2) is 10.6. The summed E-state index contributed by atoms with van der Waals surface area (Å²) in [6, 6.07) is 4.30. The lowest BCUT2D eigenvalue weighted by atomic mass is 9.71. The third-order valence-corrected chi connectivity index (χ3v) is 11.5. The van der Waals surface area contributed by atoms with Crippen LogP contribution in [-0.2, 0) is 25.7 Å². The maximum atomic E-state index is 11.9. The van der Waals surface area contributed by atoms with Crippen molar-refractivity contribution >= 4 is 64.9 Å². The molecule has 11 heteroatoms. The molecule has 0 fully saturated rings. The molecular weight excluding hydrogens is 579 g/mol. The molecule has 5 aromatic rings. The van der Waals surface area contributed by atoms with Gasteiger partial charge < -0.3 is 11.5 Å². The molecule has 7 rings (SSSR count).